The number of hydrogen-bond acceptors (Lipinski definition) is 9. The highest BCUT2D eigenvalue weighted by atomic mass is 16.5. The van der Waals surface area contributed by atoms with Crippen molar-refractivity contribution < 1.29 is 38.2 Å². The van der Waals surface area contributed by atoms with Gasteiger partial charge in [0.15, 0.2) is 0 Å². The van der Waals surface area contributed by atoms with Gasteiger partial charge in [-0.2, -0.15) is 0 Å². The lowest BCUT2D eigenvalue weighted by Crippen LogP contribution is -2.54. The van der Waals surface area contributed by atoms with Gasteiger partial charge in [0.25, 0.3) is 0 Å². The third-order valence-electron chi connectivity index (χ3n) is 13.0. The van der Waals surface area contributed by atoms with Crippen LogP contribution in [0.5, 0.6) is 0 Å². The predicted octanol–water partition coefficient (Wildman–Crippen LogP) is 7.69. The third kappa shape index (κ3) is 11.2. The number of ether oxygens (including phenoxy) is 2. The van der Waals surface area contributed by atoms with Crippen molar-refractivity contribution in [3.05, 3.63) is 89.5 Å². The molecule has 6 amide bonds. The van der Waals surface area contributed by atoms with Gasteiger partial charge in [0, 0.05) is 30.2 Å². The second-order valence-electron chi connectivity index (χ2n) is 19.1. The van der Waals surface area contributed by atoms with Crippen molar-refractivity contribution in [2.45, 2.75) is 129 Å². The Morgan fingerprint density at radius 3 is 1.29 bits per heavy atom. The zero-order valence-electron chi connectivity index (χ0n) is 39.3. The second-order valence-corrected chi connectivity index (χ2v) is 19.1. The summed E-state index contributed by atoms with van der Waals surface area (Å²) < 4.78 is 9.49. The van der Waals surface area contributed by atoms with Crippen LogP contribution in [-0.2, 0) is 34.1 Å². The highest BCUT2D eigenvalue weighted by Crippen LogP contribution is 2.47. The van der Waals surface area contributed by atoms with Gasteiger partial charge < -0.3 is 45.4 Å². The number of amides is 6. The number of methoxy groups -OCH3 is 2. The summed E-state index contributed by atoms with van der Waals surface area (Å²) in [4.78, 5) is 84.1. The molecule has 65 heavy (non-hydrogen) atoms. The minimum Gasteiger partial charge on any atom is -0.453 e. The van der Waals surface area contributed by atoms with Crippen LogP contribution >= 0.6 is 0 Å². The number of benzene rings is 3. The summed E-state index contributed by atoms with van der Waals surface area (Å²) in [6, 6.07) is 21.7. The van der Waals surface area contributed by atoms with E-state index in [0.717, 1.165) is 29.7 Å². The van der Waals surface area contributed by atoms with Gasteiger partial charge in [-0.1, -0.05) is 84.9 Å². The molecule has 3 aliphatic heterocycles. The molecule has 2 unspecified atom stereocenters. The molecule has 0 bridgehead atoms. The van der Waals surface area contributed by atoms with Crippen molar-refractivity contribution in [3.8, 4) is 0 Å². The van der Waals surface area contributed by atoms with E-state index < -0.39 is 36.4 Å². The molecule has 3 heterocycles. The fourth-order valence-corrected chi connectivity index (χ4v) is 9.35. The van der Waals surface area contributed by atoms with E-state index in [-0.39, 0.29) is 53.0 Å². The molecule has 3 aromatic carbocycles. The molecule has 3 aliphatic rings. The first-order chi connectivity index (χ1) is 30.9. The van der Waals surface area contributed by atoms with E-state index in [1.54, 1.807) is 9.80 Å². The Labute approximate surface area is 383 Å². The summed E-state index contributed by atoms with van der Waals surface area (Å²) in [6.07, 6.45) is 2.77. The summed E-state index contributed by atoms with van der Waals surface area (Å²) in [5.41, 5.74) is 5.75. The van der Waals surface area contributed by atoms with E-state index in [4.69, 9.17) is 9.47 Å². The zero-order chi connectivity index (χ0) is 47.2. The summed E-state index contributed by atoms with van der Waals surface area (Å²) in [7, 11) is 2.50. The highest BCUT2D eigenvalue weighted by molar-refractivity contribution is 5.99. The Morgan fingerprint density at radius 1 is 0.569 bits per heavy atom. The molecular formula is C50H67N7O8. The van der Waals surface area contributed by atoms with E-state index in [0.29, 0.717) is 50.1 Å². The maximum atomic E-state index is 13.7. The second kappa shape index (κ2) is 20.8. The number of anilines is 3. The van der Waals surface area contributed by atoms with Gasteiger partial charge in [0.05, 0.1) is 26.3 Å². The molecular weight excluding hydrogens is 827 g/mol. The van der Waals surface area contributed by atoms with Crippen LogP contribution in [0, 0.1) is 11.8 Å². The lowest BCUT2D eigenvalue weighted by molar-refractivity contribution is -0.139. The van der Waals surface area contributed by atoms with Gasteiger partial charge in [0.1, 0.15) is 24.2 Å². The van der Waals surface area contributed by atoms with Gasteiger partial charge in [0.2, 0.25) is 23.6 Å². The highest BCUT2D eigenvalue weighted by Gasteiger charge is 2.41. The van der Waals surface area contributed by atoms with Gasteiger partial charge in [-0.3, -0.25) is 19.2 Å². The van der Waals surface area contributed by atoms with Crippen LogP contribution < -0.4 is 26.2 Å². The van der Waals surface area contributed by atoms with Crippen LogP contribution in [0.4, 0.5) is 26.7 Å². The molecule has 0 spiro atoms. The third-order valence-corrected chi connectivity index (χ3v) is 13.0. The molecule has 6 rings (SSSR count). The maximum Gasteiger partial charge on any atom is 0.407 e. The molecule has 3 saturated heterocycles. The molecule has 350 valence electrons. The number of likely N-dealkylation sites (tertiary alicyclic amines) is 2. The van der Waals surface area contributed by atoms with E-state index in [2.05, 4.69) is 95.5 Å². The smallest absolute Gasteiger partial charge is 0.407 e. The van der Waals surface area contributed by atoms with Gasteiger partial charge >= 0.3 is 12.2 Å². The Hall–Kier alpha value is -6.12. The van der Waals surface area contributed by atoms with Crippen LogP contribution in [0.2, 0.25) is 0 Å². The first-order valence-corrected chi connectivity index (χ1v) is 22.9. The number of rotatable bonds is 13. The fraction of sp³-hybridized carbons (Fsp3) is 0.520. The maximum absolute atomic E-state index is 13.7. The zero-order valence-corrected chi connectivity index (χ0v) is 39.3. The number of carbonyl (C=O) groups is 6. The number of alkyl carbamates (subject to hydrolysis) is 2. The first-order valence-electron chi connectivity index (χ1n) is 22.9. The summed E-state index contributed by atoms with van der Waals surface area (Å²) >= 11 is 0. The van der Waals surface area contributed by atoms with E-state index in [1.165, 1.54) is 19.8 Å². The molecule has 15 heteroatoms. The largest absolute Gasteiger partial charge is 0.453 e. The molecule has 0 aliphatic carbocycles. The normalized spacial score (nSPS) is 20.6. The van der Waals surface area contributed by atoms with E-state index >= 15 is 0 Å². The molecule has 0 saturated carbocycles. The quantitative estimate of drug-likeness (QED) is 0.134. The van der Waals surface area contributed by atoms with Crippen LogP contribution in [0.1, 0.15) is 116 Å². The Bertz CT molecular complexity index is 2050. The number of hydrogen-bond donors (Lipinski definition) is 4. The monoisotopic (exact) mass is 894 g/mol. The van der Waals surface area contributed by atoms with Gasteiger partial charge in [-0.15, -0.1) is 0 Å². The molecule has 0 aromatic heterocycles. The molecule has 6 atom stereocenters. The minimum atomic E-state index is -0.814. The van der Waals surface area contributed by atoms with Gasteiger partial charge in [-0.05, 0) is 109 Å². The van der Waals surface area contributed by atoms with Crippen LogP contribution in [0.25, 0.3) is 0 Å². The van der Waals surface area contributed by atoms with Crippen molar-refractivity contribution in [2.24, 2.45) is 11.8 Å². The van der Waals surface area contributed by atoms with Crippen molar-refractivity contribution in [1.82, 2.24) is 20.4 Å². The van der Waals surface area contributed by atoms with Crippen LogP contribution in [0.15, 0.2) is 72.8 Å². The van der Waals surface area contributed by atoms with Crippen molar-refractivity contribution >= 4 is 52.9 Å². The summed E-state index contributed by atoms with van der Waals surface area (Å²) in [5, 5.41) is 11.3. The van der Waals surface area contributed by atoms with Crippen LogP contribution in [-0.4, -0.2) is 97.1 Å². The summed E-state index contributed by atoms with van der Waals surface area (Å²) in [5.74, 6) is -1.55. The van der Waals surface area contributed by atoms with Gasteiger partial charge in [-0.25, -0.2) is 9.59 Å². The van der Waals surface area contributed by atoms with E-state index in [9.17, 15) is 28.8 Å². The lowest BCUT2D eigenvalue weighted by atomic mass is 9.87. The molecule has 3 aromatic rings. The van der Waals surface area contributed by atoms with Crippen LogP contribution in [0.3, 0.4) is 0 Å². The summed E-state index contributed by atoms with van der Waals surface area (Å²) in [6.45, 7) is 14.8. The average Bonchev–Trinajstić information content (AvgIpc) is 4.08. The standard InChI is InChI=1S/C50H67N7O8/c1-30(2)42(53-48(62)64-8)46(60)55-28-10-12-40(55)44(58)51-35-20-14-32(15-21-35)38-26-27-39(57(38)37-24-18-34(19-25-37)50(5,6)7)33-16-22-36(23-17-33)52-45(59)41-13-11-29-56(41)47(61)43(31(3)4)54-49(63)65-9/h14-25,30-31,38-43H,10-13,26-29H2,1-9H3,(H,51,58)(H,52,59)(H,53,62)(H,54,63)/t38-,39?,40-,41?,42-,43-/m0/s1. The van der Waals surface area contributed by atoms with Crippen molar-refractivity contribution in [2.75, 3.05) is 42.8 Å². The Kier molecular flexibility index (Phi) is 15.5. The number of nitrogens with zero attached hydrogens (tertiary/aromatic N) is 3. The topological polar surface area (TPSA) is 179 Å². The number of nitrogens with one attached hydrogen (secondary N) is 4. The average molecular weight is 894 g/mol. The fourth-order valence-electron chi connectivity index (χ4n) is 9.35. The Morgan fingerprint density at radius 2 is 0.954 bits per heavy atom. The molecule has 0 radical (unpaired) electrons. The SMILES string of the molecule is COC(=O)N[C@H](C(=O)N1CCCC1C(=O)Nc1ccc(C2CC[C@@H](c3ccc(NC(=O)[C@@H]4CCCN4C(=O)[C@@H](NC(=O)OC)C(C)C)cc3)N2c2ccc(C(C)(C)C)cc2)cc1)C(C)C. The Balaban J connectivity index is 1.17. The first kappa shape index (κ1) is 48.3. The lowest BCUT2D eigenvalue weighted by Gasteiger charge is -2.34. The molecule has 3 fully saturated rings. The van der Waals surface area contributed by atoms with Crippen molar-refractivity contribution in [1.29, 1.82) is 0 Å². The minimum absolute atomic E-state index is 0.0132. The number of carbonyl (C=O) groups excluding carboxylic acids is 6. The predicted molar refractivity (Wildman–Crippen MR) is 250 cm³/mol. The molecule has 15 nitrogen and oxygen atoms in total. The van der Waals surface area contributed by atoms with Crippen molar-refractivity contribution in [3.63, 3.8) is 0 Å². The van der Waals surface area contributed by atoms with E-state index in [1.807, 2.05) is 52.0 Å². The molecule has 4 N–H and O–H groups in total.